The summed E-state index contributed by atoms with van der Waals surface area (Å²) in [4.78, 5) is 74.6. The minimum atomic E-state index is -0.893. The Morgan fingerprint density at radius 2 is 1.54 bits per heavy atom. The van der Waals surface area contributed by atoms with Crippen LogP contribution in [0.5, 0.6) is 0 Å². The van der Waals surface area contributed by atoms with E-state index in [4.69, 9.17) is 14.2 Å². The van der Waals surface area contributed by atoms with Gasteiger partial charge in [0.1, 0.15) is 12.1 Å². The second kappa shape index (κ2) is 25.9. The molecule has 4 amide bonds. The maximum Gasteiger partial charge on any atom is 0.328 e. The number of benzene rings is 1. The molecule has 1 heterocycles. The number of carbonyl (C=O) groups is 5. The summed E-state index contributed by atoms with van der Waals surface area (Å²) in [5.74, 6) is -2.41. The highest BCUT2D eigenvalue weighted by Crippen LogP contribution is 2.30. The van der Waals surface area contributed by atoms with Gasteiger partial charge in [0.15, 0.2) is 0 Å². The van der Waals surface area contributed by atoms with Crippen LogP contribution in [0.1, 0.15) is 92.6 Å². The van der Waals surface area contributed by atoms with E-state index in [1.807, 2.05) is 86.0 Å². The van der Waals surface area contributed by atoms with Crippen molar-refractivity contribution in [3.8, 4) is 0 Å². The third-order valence-corrected chi connectivity index (χ3v) is 12.1. The Bertz CT molecular complexity index is 1450. The van der Waals surface area contributed by atoms with Gasteiger partial charge in [-0.05, 0) is 76.2 Å². The number of hydrogen-bond acceptors (Lipinski definition) is 10. The lowest BCUT2D eigenvalue weighted by atomic mass is 9.89. The number of esters is 1. The Kier molecular flexibility index (Phi) is 22.6. The molecule has 1 aliphatic heterocycles. The number of likely N-dealkylation sites (tertiary alicyclic amines) is 1. The molecular formula is C45H78N6O8. The molecule has 0 unspecified atom stereocenters. The molecule has 1 saturated heterocycles. The van der Waals surface area contributed by atoms with Crippen molar-refractivity contribution in [2.75, 3.05) is 62.1 Å². The summed E-state index contributed by atoms with van der Waals surface area (Å²) in [7, 11) is 10.0. The average molecular weight is 831 g/mol. The van der Waals surface area contributed by atoms with Gasteiger partial charge in [0.2, 0.25) is 23.6 Å². The SMILES string of the molecule is CC[C@H](C)[C@@H]([C@@H](CC(=O)N1CCC[C@H]1[C@H](OC)[C@@H](C)C(=O)N[C@@H](Cc1ccccc1)C(=O)OC)OC)N(C)C(=O)[C@@H](NC(=O)[C@H](C(C)C)N(C)CCCCNC)C(C)C. The highest BCUT2D eigenvalue weighted by atomic mass is 16.5. The molecule has 336 valence electrons. The maximum absolute atomic E-state index is 14.5. The van der Waals surface area contributed by atoms with E-state index in [-0.39, 0.29) is 54.2 Å². The number of amides is 4. The van der Waals surface area contributed by atoms with Crippen molar-refractivity contribution in [3.05, 3.63) is 35.9 Å². The number of carbonyl (C=O) groups excluding carboxylic acids is 5. The van der Waals surface area contributed by atoms with Crippen LogP contribution in [0.2, 0.25) is 0 Å². The Morgan fingerprint density at radius 1 is 0.881 bits per heavy atom. The third-order valence-electron chi connectivity index (χ3n) is 12.1. The van der Waals surface area contributed by atoms with Gasteiger partial charge in [0, 0.05) is 34.2 Å². The van der Waals surface area contributed by atoms with Gasteiger partial charge >= 0.3 is 5.97 Å². The fraction of sp³-hybridized carbons (Fsp3) is 0.756. The molecule has 0 aliphatic carbocycles. The second-order valence-electron chi connectivity index (χ2n) is 17.1. The molecule has 1 aromatic carbocycles. The molecule has 9 atom stereocenters. The van der Waals surface area contributed by atoms with Crippen molar-refractivity contribution in [3.63, 3.8) is 0 Å². The molecule has 2 rings (SSSR count). The van der Waals surface area contributed by atoms with E-state index < -0.39 is 54.3 Å². The van der Waals surface area contributed by atoms with Gasteiger partial charge < -0.3 is 40.0 Å². The summed E-state index contributed by atoms with van der Waals surface area (Å²) >= 11 is 0. The lowest BCUT2D eigenvalue weighted by Gasteiger charge is -2.41. The van der Waals surface area contributed by atoms with E-state index in [0.717, 1.165) is 44.3 Å². The second-order valence-corrected chi connectivity index (χ2v) is 17.1. The van der Waals surface area contributed by atoms with Crippen LogP contribution in [0.4, 0.5) is 0 Å². The molecule has 1 aromatic rings. The van der Waals surface area contributed by atoms with Crippen LogP contribution in [-0.2, 0) is 44.6 Å². The van der Waals surface area contributed by atoms with Crippen LogP contribution < -0.4 is 16.0 Å². The van der Waals surface area contributed by atoms with Gasteiger partial charge in [-0.3, -0.25) is 24.1 Å². The van der Waals surface area contributed by atoms with Crippen LogP contribution in [0.15, 0.2) is 30.3 Å². The monoisotopic (exact) mass is 831 g/mol. The number of rotatable bonds is 26. The largest absolute Gasteiger partial charge is 0.467 e. The number of likely N-dealkylation sites (N-methyl/N-ethyl adjacent to an activating group) is 2. The van der Waals surface area contributed by atoms with Crippen molar-refractivity contribution >= 4 is 29.6 Å². The molecule has 0 bridgehead atoms. The van der Waals surface area contributed by atoms with Crippen LogP contribution in [0.25, 0.3) is 0 Å². The first-order valence-corrected chi connectivity index (χ1v) is 21.7. The number of nitrogens with zero attached hydrogens (tertiary/aromatic N) is 3. The standard InChI is InChI=1S/C45H78N6O8/c1-14-31(6)40(50(10)44(55)38(29(2)3)48-43(54)39(30(4)5)49(9)25-19-18-24-46-8)36(57-11)28-37(52)51-26-20-23-35(51)41(58-12)32(7)42(53)47-34(45(56)59-13)27-33-21-16-15-17-22-33/h15-17,21-22,29-32,34-36,38-41,46H,14,18-20,23-28H2,1-13H3,(H,47,53)(H,48,54)/t31-,32+,34-,35-,36+,38-,39-,40-,41+/m0/s1. The first-order valence-electron chi connectivity index (χ1n) is 21.7. The van der Waals surface area contributed by atoms with Crippen LogP contribution >= 0.6 is 0 Å². The highest BCUT2D eigenvalue weighted by molar-refractivity contribution is 5.90. The summed E-state index contributed by atoms with van der Waals surface area (Å²) in [5.41, 5.74) is 0.876. The molecular weight excluding hydrogens is 753 g/mol. The Morgan fingerprint density at radius 3 is 2.08 bits per heavy atom. The summed E-state index contributed by atoms with van der Waals surface area (Å²) in [6.07, 6.45) is 3.01. The van der Waals surface area contributed by atoms with Crippen molar-refractivity contribution in [2.45, 2.75) is 136 Å². The number of ether oxygens (including phenoxy) is 3. The number of methoxy groups -OCH3 is 3. The normalized spacial score (nSPS) is 18.4. The molecule has 1 aliphatic rings. The fourth-order valence-electron chi connectivity index (χ4n) is 8.58. The first kappa shape index (κ1) is 51.6. The summed E-state index contributed by atoms with van der Waals surface area (Å²) < 4.78 is 17.0. The predicted octanol–water partition coefficient (Wildman–Crippen LogP) is 3.90. The van der Waals surface area contributed by atoms with Crippen molar-refractivity contribution < 1.29 is 38.2 Å². The highest BCUT2D eigenvalue weighted by Gasteiger charge is 2.43. The lowest BCUT2D eigenvalue weighted by Crippen LogP contribution is -2.60. The van der Waals surface area contributed by atoms with Crippen LogP contribution in [0.3, 0.4) is 0 Å². The number of unbranched alkanes of at least 4 members (excludes halogenated alkanes) is 1. The Balaban J connectivity index is 2.27. The topological polar surface area (TPSA) is 159 Å². The molecule has 14 nitrogen and oxygen atoms in total. The van der Waals surface area contributed by atoms with E-state index in [9.17, 15) is 24.0 Å². The lowest BCUT2D eigenvalue weighted by molar-refractivity contribution is -0.149. The molecule has 1 fully saturated rings. The van der Waals surface area contributed by atoms with Gasteiger partial charge in [-0.1, -0.05) is 85.2 Å². The number of nitrogens with one attached hydrogen (secondary N) is 3. The van der Waals surface area contributed by atoms with Gasteiger partial charge in [0.25, 0.3) is 0 Å². The van der Waals surface area contributed by atoms with Gasteiger partial charge in [0.05, 0.1) is 49.8 Å². The zero-order valence-corrected chi connectivity index (χ0v) is 38.4. The van der Waals surface area contributed by atoms with Crippen molar-refractivity contribution in [2.24, 2.45) is 23.7 Å². The summed E-state index contributed by atoms with van der Waals surface area (Å²) in [6.45, 7) is 15.9. The predicted molar refractivity (Wildman–Crippen MR) is 231 cm³/mol. The van der Waals surface area contributed by atoms with Gasteiger partial charge in [-0.25, -0.2) is 4.79 Å². The fourth-order valence-corrected chi connectivity index (χ4v) is 8.58. The zero-order valence-electron chi connectivity index (χ0n) is 38.4. The maximum atomic E-state index is 14.5. The molecule has 3 N–H and O–H groups in total. The van der Waals surface area contributed by atoms with E-state index in [2.05, 4.69) is 20.9 Å². The van der Waals surface area contributed by atoms with E-state index in [0.29, 0.717) is 13.0 Å². The van der Waals surface area contributed by atoms with E-state index >= 15 is 0 Å². The van der Waals surface area contributed by atoms with E-state index in [1.165, 1.54) is 14.2 Å². The molecule has 0 radical (unpaired) electrons. The molecule has 0 aromatic heterocycles. The van der Waals surface area contributed by atoms with Crippen LogP contribution in [-0.4, -0.2) is 149 Å². The molecule has 59 heavy (non-hydrogen) atoms. The third kappa shape index (κ3) is 14.8. The first-order chi connectivity index (χ1) is 28.0. The molecule has 0 spiro atoms. The summed E-state index contributed by atoms with van der Waals surface area (Å²) in [6, 6.07) is 6.45. The van der Waals surface area contributed by atoms with Crippen molar-refractivity contribution in [1.29, 1.82) is 0 Å². The Labute approximate surface area is 355 Å². The van der Waals surface area contributed by atoms with Crippen molar-refractivity contribution in [1.82, 2.24) is 30.7 Å². The number of hydrogen-bond donors (Lipinski definition) is 3. The molecule has 14 heteroatoms. The van der Waals surface area contributed by atoms with Gasteiger partial charge in [-0.15, -0.1) is 0 Å². The minimum Gasteiger partial charge on any atom is -0.467 e. The van der Waals surface area contributed by atoms with Crippen LogP contribution in [0, 0.1) is 23.7 Å². The Hall–Kier alpha value is -3.59. The molecule has 0 saturated carbocycles. The zero-order chi connectivity index (χ0) is 44.4. The smallest absolute Gasteiger partial charge is 0.328 e. The average Bonchev–Trinajstić information content (AvgIpc) is 3.70. The van der Waals surface area contributed by atoms with Gasteiger partial charge in [-0.2, -0.15) is 0 Å². The minimum absolute atomic E-state index is 0.00457. The summed E-state index contributed by atoms with van der Waals surface area (Å²) in [5, 5.41) is 9.16. The van der Waals surface area contributed by atoms with E-state index in [1.54, 1.807) is 30.9 Å². The quantitative estimate of drug-likeness (QED) is 0.0924.